The molecule has 2 heterocycles. The molecule has 27 heavy (non-hydrogen) atoms. The summed E-state index contributed by atoms with van der Waals surface area (Å²) in [6.07, 6.45) is 0. The number of hydrogen-bond donors (Lipinski definition) is 3. The van der Waals surface area contributed by atoms with E-state index in [4.69, 9.17) is 0 Å². The Bertz CT molecular complexity index is 1170. The summed E-state index contributed by atoms with van der Waals surface area (Å²) in [4.78, 5) is 36.7. The fourth-order valence-electron chi connectivity index (χ4n) is 2.49. The highest BCUT2D eigenvalue weighted by Gasteiger charge is 2.21. The Balaban J connectivity index is 1.90. The average Bonchev–Trinajstić information content (AvgIpc) is 3.04. The molecule has 11 heteroatoms. The first kappa shape index (κ1) is 19.0. The molecule has 1 aromatic carbocycles. The molecule has 144 valence electrons. The van der Waals surface area contributed by atoms with Crippen LogP contribution < -0.4 is 11.2 Å². The number of nitrogens with one attached hydrogen (secondary N) is 3. The molecule has 0 spiro atoms. The van der Waals surface area contributed by atoms with Gasteiger partial charge in [0.05, 0.1) is 4.90 Å². The van der Waals surface area contributed by atoms with Crippen molar-refractivity contribution in [3.05, 3.63) is 45.1 Å². The zero-order valence-electron chi connectivity index (χ0n) is 15.1. The van der Waals surface area contributed by atoms with Crippen LogP contribution in [0, 0.1) is 0 Å². The third-order valence-electron chi connectivity index (χ3n) is 4.09. The summed E-state index contributed by atoms with van der Waals surface area (Å²) < 4.78 is 26.5. The number of aromatic amines is 3. The molecule has 0 saturated heterocycles. The van der Waals surface area contributed by atoms with Crippen molar-refractivity contribution in [2.45, 2.75) is 4.90 Å². The summed E-state index contributed by atoms with van der Waals surface area (Å²) >= 11 is 0. The minimum Gasteiger partial charge on any atom is -0.332 e. The van der Waals surface area contributed by atoms with Crippen LogP contribution in [0.2, 0.25) is 0 Å². The monoisotopic (exact) mass is 392 g/mol. The van der Waals surface area contributed by atoms with Gasteiger partial charge in [0.1, 0.15) is 11.3 Å². The standard InChI is InChI=1S/C16H20N6O4S/c1-21(2)8-9-22(3)27(25,26)11-6-4-10(5-7-11)13-17-12-14(18-13)19-16(24)20-15(12)23/h4-7H,8-9H2,1-3H3,(H3,17,18,19,20,23,24). The van der Waals surface area contributed by atoms with E-state index in [1.54, 1.807) is 12.1 Å². The van der Waals surface area contributed by atoms with Crippen molar-refractivity contribution in [2.24, 2.45) is 0 Å². The normalized spacial score (nSPS) is 12.3. The second-order valence-electron chi connectivity index (χ2n) is 6.37. The van der Waals surface area contributed by atoms with E-state index < -0.39 is 21.3 Å². The average molecular weight is 392 g/mol. The van der Waals surface area contributed by atoms with Gasteiger partial charge in [-0.3, -0.25) is 14.8 Å². The van der Waals surface area contributed by atoms with Gasteiger partial charge in [-0.1, -0.05) is 0 Å². The number of sulfonamides is 1. The van der Waals surface area contributed by atoms with E-state index in [0.717, 1.165) is 0 Å². The fourth-order valence-corrected chi connectivity index (χ4v) is 3.66. The zero-order valence-corrected chi connectivity index (χ0v) is 15.9. The number of hydrogen-bond acceptors (Lipinski definition) is 6. The summed E-state index contributed by atoms with van der Waals surface area (Å²) in [6.45, 7) is 0.982. The van der Waals surface area contributed by atoms with Gasteiger partial charge in [0.15, 0.2) is 5.65 Å². The third kappa shape index (κ3) is 3.84. The first-order valence-corrected chi connectivity index (χ1v) is 9.56. The zero-order chi connectivity index (χ0) is 19.8. The lowest BCUT2D eigenvalue weighted by molar-refractivity contribution is 0.358. The minimum atomic E-state index is -3.60. The molecule has 0 aliphatic rings. The van der Waals surface area contributed by atoms with Crippen LogP contribution in [0.4, 0.5) is 0 Å². The number of benzene rings is 1. The van der Waals surface area contributed by atoms with E-state index in [0.29, 0.717) is 24.5 Å². The maximum absolute atomic E-state index is 12.6. The molecule has 0 saturated carbocycles. The van der Waals surface area contributed by atoms with Crippen molar-refractivity contribution in [3.8, 4) is 11.4 Å². The van der Waals surface area contributed by atoms with Gasteiger partial charge in [-0.05, 0) is 38.4 Å². The first-order chi connectivity index (χ1) is 12.7. The molecular formula is C16H20N6O4S. The predicted octanol–water partition coefficient (Wildman–Crippen LogP) is -0.211. The highest BCUT2D eigenvalue weighted by Crippen LogP contribution is 2.21. The van der Waals surface area contributed by atoms with Crippen LogP contribution in [0.3, 0.4) is 0 Å². The molecule has 0 bridgehead atoms. The Kier molecular flexibility index (Phi) is 5.00. The summed E-state index contributed by atoms with van der Waals surface area (Å²) in [5.41, 5.74) is -0.355. The number of rotatable bonds is 6. The van der Waals surface area contributed by atoms with E-state index in [9.17, 15) is 18.0 Å². The Morgan fingerprint density at radius 3 is 2.26 bits per heavy atom. The van der Waals surface area contributed by atoms with Gasteiger partial charge >= 0.3 is 5.69 Å². The lowest BCUT2D eigenvalue weighted by Gasteiger charge is -2.19. The summed E-state index contributed by atoms with van der Waals surface area (Å²) in [5, 5.41) is 0. The number of nitrogens with zero attached hydrogens (tertiary/aromatic N) is 3. The SMILES string of the molecule is CN(C)CCN(C)S(=O)(=O)c1ccc(-c2nc3[nH]c(=O)[nH]c(=O)c3[nH]2)cc1. The molecule has 0 aliphatic heterocycles. The largest absolute Gasteiger partial charge is 0.332 e. The van der Waals surface area contributed by atoms with Gasteiger partial charge in [-0.2, -0.15) is 4.31 Å². The molecule has 0 amide bonds. The Hall–Kier alpha value is -2.76. The van der Waals surface area contributed by atoms with Gasteiger partial charge in [0.2, 0.25) is 10.0 Å². The van der Waals surface area contributed by atoms with Crippen LogP contribution in [-0.4, -0.2) is 71.8 Å². The van der Waals surface area contributed by atoms with E-state index in [2.05, 4.69) is 19.9 Å². The predicted molar refractivity (Wildman–Crippen MR) is 101 cm³/mol. The van der Waals surface area contributed by atoms with Gasteiger partial charge in [-0.15, -0.1) is 0 Å². The second-order valence-corrected chi connectivity index (χ2v) is 8.42. The molecule has 3 aromatic rings. The number of likely N-dealkylation sites (N-methyl/N-ethyl adjacent to an activating group) is 2. The van der Waals surface area contributed by atoms with E-state index in [1.165, 1.54) is 23.5 Å². The van der Waals surface area contributed by atoms with Crippen LogP contribution in [-0.2, 0) is 10.0 Å². The molecule has 0 unspecified atom stereocenters. The lowest BCUT2D eigenvalue weighted by atomic mass is 10.2. The van der Waals surface area contributed by atoms with Crippen molar-refractivity contribution in [3.63, 3.8) is 0 Å². The molecule has 10 nitrogen and oxygen atoms in total. The molecule has 3 N–H and O–H groups in total. The second kappa shape index (κ2) is 7.10. The van der Waals surface area contributed by atoms with Crippen LogP contribution in [0.1, 0.15) is 0 Å². The Labute approximate surface area is 154 Å². The number of imidazole rings is 1. The summed E-state index contributed by atoms with van der Waals surface area (Å²) in [5.74, 6) is 0.349. The topological polar surface area (TPSA) is 135 Å². The van der Waals surface area contributed by atoms with E-state index >= 15 is 0 Å². The van der Waals surface area contributed by atoms with Gasteiger partial charge in [-0.25, -0.2) is 18.2 Å². The van der Waals surface area contributed by atoms with Crippen LogP contribution >= 0.6 is 0 Å². The van der Waals surface area contributed by atoms with Crippen molar-refractivity contribution >= 4 is 21.2 Å². The van der Waals surface area contributed by atoms with Crippen molar-refractivity contribution < 1.29 is 8.42 Å². The molecule has 0 atom stereocenters. The molecule has 0 aliphatic carbocycles. The Morgan fingerprint density at radius 1 is 0.963 bits per heavy atom. The molecule has 0 fully saturated rings. The van der Waals surface area contributed by atoms with E-state index in [1.807, 2.05) is 19.0 Å². The maximum Gasteiger partial charge on any atom is 0.327 e. The fraction of sp³-hybridized carbons (Fsp3) is 0.312. The number of H-pyrrole nitrogens is 3. The molecule has 2 aromatic heterocycles. The molecular weight excluding hydrogens is 372 g/mol. The highest BCUT2D eigenvalue weighted by atomic mass is 32.2. The smallest absolute Gasteiger partial charge is 0.327 e. The molecule has 3 rings (SSSR count). The number of aromatic nitrogens is 4. The first-order valence-electron chi connectivity index (χ1n) is 8.12. The highest BCUT2D eigenvalue weighted by molar-refractivity contribution is 7.89. The van der Waals surface area contributed by atoms with Crippen molar-refractivity contribution in [1.29, 1.82) is 0 Å². The van der Waals surface area contributed by atoms with Crippen LogP contribution in [0.5, 0.6) is 0 Å². The van der Waals surface area contributed by atoms with Crippen LogP contribution in [0.25, 0.3) is 22.6 Å². The quantitative estimate of drug-likeness (QED) is 0.531. The van der Waals surface area contributed by atoms with Crippen molar-refractivity contribution in [1.82, 2.24) is 29.1 Å². The van der Waals surface area contributed by atoms with Crippen molar-refractivity contribution in [2.75, 3.05) is 34.2 Å². The molecule has 0 radical (unpaired) electrons. The van der Waals surface area contributed by atoms with Gasteiger partial charge in [0, 0.05) is 25.7 Å². The summed E-state index contributed by atoms with van der Waals surface area (Å²) in [7, 11) is 1.69. The minimum absolute atomic E-state index is 0.138. The van der Waals surface area contributed by atoms with Gasteiger partial charge < -0.3 is 9.88 Å². The maximum atomic E-state index is 12.6. The lowest BCUT2D eigenvalue weighted by Crippen LogP contribution is -2.33. The Morgan fingerprint density at radius 2 is 1.63 bits per heavy atom. The third-order valence-corrected chi connectivity index (χ3v) is 5.96. The van der Waals surface area contributed by atoms with Gasteiger partial charge in [0.25, 0.3) is 5.56 Å². The van der Waals surface area contributed by atoms with Crippen LogP contribution in [0.15, 0.2) is 38.8 Å². The van der Waals surface area contributed by atoms with E-state index in [-0.39, 0.29) is 16.1 Å². The summed E-state index contributed by atoms with van der Waals surface area (Å²) in [6, 6.07) is 6.15. The number of fused-ring (bicyclic) bond motifs is 1.